The van der Waals surface area contributed by atoms with Gasteiger partial charge in [-0.1, -0.05) is 117 Å². The van der Waals surface area contributed by atoms with E-state index in [1.165, 1.54) is 89.9 Å². The minimum absolute atomic E-state index is 0.192. The normalized spacial score (nSPS) is 16.6. The van der Waals surface area contributed by atoms with E-state index < -0.39 is 0 Å². The van der Waals surface area contributed by atoms with Gasteiger partial charge >= 0.3 is 0 Å². The molecule has 0 aromatic rings. The van der Waals surface area contributed by atoms with Crippen molar-refractivity contribution in [1.82, 2.24) is 19.6 Å². The Balaban J connectivity index is 2.10. The highest BCUT2D eigenvalue weighted by Gasteiger charge is 2.19. The molecule has 0 amide bonds. The van der Waals surface area contributed by atoms with E-state index in [9.17, 15) is 10.2 Å². The van der Waals surface area contributed by atoms with Crippen LogP contribution in [-0.2, 0) is 0 Å². The van der Waals surface area contributed by atoms with E-state index in [1.807, 2.05) is 0 Å². The van der Waals surface area contributed by atoms with Crippen LogP contribution >= 0.6 is 0 Å². The Kier molecular flexibility index (Phi) is 26.7. The molecule has 1 aliphatic heterocycles. The van der Waals surface area contributed by atoms with E-state index >= 15 is 0 Å². The first-order valence-electron chi connectivity index (χ1n) is 18.4. The van der Waals surface area contributed by atoms with Crippen LogP contribution in [0.1, 0.15) is 129 Å². The van der Waals surface area contributed by atoms with E-state index in [-0.39, 0.29) is 12.2 Å². The molecule has 0 saturated carbocycles. The van der Waals surface area contributed by atoms with Crippen molar-refractivity contribution in [1.29, 1.82) is 0 Å². The lowest BCUT2D eigenvalue weighted by Gasteiger charge is -2.36. The van der Waals surface area contributed by atoms with Crippen LogP contribution in [-0.4, -0.2) is 128 Å². The molecular formula is C35H75N5O2. The number of nitrogens with two attached hydrogens (primary N) is 1. The van der Waals surface area contributed by atoms with E-state index in [2.05, 4.69) is 40.5 Å². The molecule has 1 saturated heterocycles. The summed E-state index contributed by atoms with van der Waals surface area (Å²) in [6.45, 7) is 16.2. The SMILES string of the molecule is CCCCCCCCCCC(O)CN(C)CCN1CCN(CCN(CCN)CC(O)CCCCCCCCCC)CC1. The van der Waals surface area contributed by atoms with Gasteiger partial charge in [0.1, 0.15) is 0 Å². The van der Waals surface area contributed by atoms with Gasteiger partial charge in [-0.25, -0.2) is 0 Å². The standard InChI is InChI=1S/C35H75N5O2/c1-4-6-8-10-12-14-16-18-20-34(41)32-37(3)24-25-38-26-28-39(29-27-38)30-31-40(23-22-36)33-35(42)21-19-17-15-13-11-9-7-5-2/h34-35,41-42H,4-33,36H2,1-3H3. The number of hydrogen-bond donors (Lipinski definition) is 3. The Hall–Kier alpha value is -0.280. The van der Waals surface area contributed by atoms with Gasteiger partial charge in [-0.15, -0.1) is 0 Å². The van der Waals surface area contributed by atoms with Crippen LogP contribution in [0, 0.1) is 0 Å². The van der Waals surface area contributed by atoms with Crippen LogP contribution < -0.4 is 5.73 Å². The van der Waals surface area contributed by atoms with Crippen molar-refractivity contribution in [2.24, 2.45) is 5.73 Å². The van der Waals surface area contributed by atoms with Crippen molar-refractivity contribution < 1.29 is 10.2 Å². The minimum Gasteiger partial charge on any atom is -0.392 e. The highest BCUT2D eigenvalue weighted by atomic mass is 16.3. The van der Waals surface area contributed by atoms with Crippen molar-refractivity contribution in [2.45, 2.75) is 142 Å². The lowest BCUT2D eigenvalue weighted by atomic mass is 10.1. The average Bonchev–Trinajstić information content (AvgIpc) is 2.98. The van der Waals surface area contributed by atoms with Crippen molar-refractivity contribution in [3.63, 3.8) is 0 Å². The number of likely N-dealkylation sites (N-methyl/N-ethyl adjacent to an activating group) is 1. The molecule has 42 heavy (non-hydrogen) atoms. The van der Waals surface area contributed by atoms with Crippen LogP contribution in [0.4, 0.5) is 0 Å². The molecule has 1 rings (SSSR count). The van der Waals surface area contributed by atoms with Gasteiger partial charge in [-0.3, -0.25) is 14.7 Å². The van der Waals surface area contributed by atoms with E-state index in [1.54, 1.807) is 0 Å². The van der Waals surface area contributed by atoms with Crippen molar-refractivity contribution in [3.05, 3.63) is 0 Å². The molecule has 7 heteroatoms. The second kappa shape index (κ2) is 28.2. The van der Waals surface area contributed by atoms with Crippen molar-refractivity contribution in [3.8, 4) is 0 Å². The molecule has 252 valence electrons. The third kappa shape index (κ3) is 23.1. The predicted molar refractivity (Wildman–Crippen MR) is 182 cm³/mol. The third-order valence-electron chi connectivity index (χ3n) is 9.21. The van der Waals surface area contributed by atoms with Gasteiger partial charge in [-0.05, 0) is 19.9 Å². The number of hydrogen-bond acceptors (Lipinski definition) is 7. The van der Waals surface area contributed by atoms with Gasteiger partial charge in [0.25, 0.3) is 0 Å². The molecule has 1 heterocycles. The quantitative estimate of drug-likeness (QED) is 0.0933. The van der Waals surface area contributed by atoms with Gasteiger partial charge in [0.2, 0.25) is 0 Å². The molecule has 2 unspecified atom stereocenters. The molecular weight excluding hydrogens is 522 g/mol. The summed E-state index contributed by atoms with van der Waals surface area (Å²) in [7, 11) is 2.16. The Morgan fingerprint density at radius 1 is 0.571 bits per heavy atom. The Bertz CT molecular complexity index is 561. The zero-order valence-electron chi connectivity index (χ0n) is 28.6. The first-order valence-corrected chi connectivity index (χ1v) is 18.4. The highest BCUT2D eigenvalue weighted by Crippen LogP contribution is 2.13. The third-order valence-corrected chi connectivity index (χ3v) is 9.21. The van der Waals surface area contributed by atoms with Crippen LogP contribution in [0.3, 0.4) is 0 Å². The number of rotatable bonds is 30. The van der Waals surface area contributed by atoms with E-state index in [0.717, 1.165) is 97.7 Å². The summed E-state index contributed by atoms with van der Waals surface area (Å²) in [5.74, 6) is 0. The Labute approximate surface area is 262 Å². The maximum Gasteiger partial charge on any atom is 0.0667 e. The highest BCUT2D eigenvalue weighted by molar-refractivity contribution is 4.75. The molecule has 4 N–H and O–H groups in total. The first kappa shape index (κ1) is 39.7. The minimum atomic E-state index is -0.232. The van der Waals surface area contributed by atoms with Crippen LogP contribution in [0.5, 0.6) is 0 Å². The molecule has 0 aromatic heterocycles. The van der Waals surface area contributed by atoms with Crippen molar-refractivity contribution >= 4 is 0 Å². The smallest absolute Gasteiger partial charge is 0.0667 e. The molecule has 1 aliphatic rings. The van der Waals surface area contributed by atoms with E-state index in [0.29, 0.717) is 6.54 Å². The second-order valence-corrected chi connectivity index (χ2v) is 13.4. The molecule has 0 aliphatic carbocycles. The monoisotopic (exact) mass is 598 g/mol. The zero-order valence-corrected chi connectivity index (χ0v) is 28.6. The maximum absolute atomic E-state index is 10.6. The first-order chi connectivity index (χ1) is 20.5. The lowest BCUT2D eigenvalue weighted by Crippen LogP contribution is -2.50. The van der Waals surface area contributed by atoms with Gasteiger partial charge in [-0.2, -0.15) is 0 Å². The number of piperazine rings is 1. The Morgan fingerprint density at radius 3 is 1.43 bits per heavy atom. The molecule has 0 bridgehead atoms. The maximum atomic E-state index is 10.6. The number of unbranched alkanes of at least 4 members (excludes halogenated alkanes) is 14. The van der Waals surface area contributed by atoms with Gasteiger partial charge in [0, 0.05) is 78.5 Å². The van der Waals surface area contributed by atoms with Gasteiger partial charge in [0.15, 0.2) is 0 Å². The van der Waals surface area contributed by atoms with Crippen molar-refractivity contribution in [2.75, 3.05) is 85.6 Å². The van der Waals surface area contributed by atoms with Gasteiger partial charge in [0.05, 0.1) is 12.2 Å². The number of nitrogens with zero attached hydrogens (tertiary/aromatic N) is 4. The lowest BCUT2D eigenvalue weighted by molar-refractivity contribution is 0.0782. The topological polar surface area (TPSA) is 79.4 Å². The molecule has 0 aromatic carbocycles. The summed E-state index contributed by atoms with van der Waals surface area (Å²) < 4.78 is 0. The number of aliphatic hydroxyl groups is 2. The molecule has 0 spiro atoms. The molecule has 7 nitrogen and oxygen atoms in total. The van der Waals surface area contributed by atoms with E-state index in [4.69, 9.17) is 5.73 Å². The molecule has 0 radical (unpaired) electrons. The van der Waals surface area contributed by atoms with Crippen LogP contribution in [0.2, 0.25) is 0 Å². The molecule has 1 fully saturated rings. The fraction of sp³-hybridized carbons (Fsp3) is 1.00. The summed E-state index contributed by atoms with van der Waals surface area (Å²) in [4.78, 5) is 9.83. The summed E-state index contributed by atoms with van der Waals surface area (Å²) in [5, 5.41) is 21.1. The average molecular weight is 598 g/mol. The molecule has 2 atom stereocenters. The number of aliphatic hydroxyl groups excluding tert-OH is 2. The zero-order chi connectivity index (χ0) is 30.7. The fourth-order valence-corrected chi connectivity index (χ4v) is 6.27. The fourth-order valence-electron chi connectivity index (χ4n) is 6.27. The summed E-state index contributed by atoms with van der Waals surface area (Å²) in [6.07, 6.45) is 22.5. The van der Waals surface area contributed by atoms with Gasteiger partial charge < -0.3 is 20.8 Å². The van der Waals surface area contributed by atoms with Crippen LogP contribution in [0.25, 0.3) is 0 Å². The second-order valence-electron chi connectivity index (χ2n) is 13.4. The summed E-state index contributed by atoms with van der Waals surface area (Å²) in [6, 6.07) is 0. The largest absolute Gasteiger partial charge is 0.392 e. The summed E-state index contributed by atoms with van der Waals surface area (Å²) >= 11 is 0. The predicted octanol–water partition coefficient (Wildman–Crippen LogP) is 5.58. The summed E-state index contributed by atoms with van der Waals surface area (Å²) in [5.41, 5.74) is 5.90. The van der Waals surface area contributed by atoms with Crippen LogP contribution in [0.15, 0.2) is 0 Å². The Morgan fingerprint density at radius 2 is 0.976 bits per heavy atom.